The first kappa shape index (κ1) is 12.0. The van der Waals surface area contributed by atoms with E-state index < -0.39 is 17.7 Å². The number of hydrogen-bond acceptors (Lipinski definition) is 2. The van der Waals surface area contributed by atoms with Crippen LogP contribution in [0.4, 0.5) is 8.78 Å². The zero-order valence-corrected chi connectivity index (χ0v) is 9.46. The van der Waals surface area contributed by atoms with Crippen LogP contribution in [0.15, 0.2) is 36.7 Å². The minimum Gasteiger partial charge on any atom is -0.320 e. The Balaban J connectivity index is 2.43. The van der Waals surface area contributed by atoms with E-state index in [4.69, 9.17) is 17.3 Å². The van der Waals surface area contributed by atoms with Gasteiger partial charge in [0.15, 0.2) is 0 Å². The summed E-state index contributed by atoms with van der Waals surface area (Å²) in [5.74, 6) is -0.935. The van der Waals surface area contributed by atoms with Crippen LogP contribution in [0.3, 0.4) is 0 Å². The minimum absolute atomic E-state index is 0.336. The van der Waals surface area contributed by atoms with Gasteiger partial charge in [-0.2, -0.15) is 0 Å². The molecule has 0 spiro atoms. The molecule has 0 aliphatic rings. The molecule has 1 heterocycles. The van der Waals surface area contributed by atoms with Crippen molar-refractivity contribution in [2.75, 3.05) is 0 Å². The number of nitrogens with zero attached hydrogens (tertiary/aromatic N) is 1. The van der Waals surface area contributed by atoms with Crippen molar-refractivity contribution in [1.82, 2.24) is 4.98 Å². The van der Waals surface area contributed by atoms with E-state index in [2.05, 4.69) is 4.98 Å². The third-order valence-corrected chi connectivity index (χ3v) is 2.72. The second-order valence-corrected chi connectivity index (χ2v) is 3.99. The fraction of sp³-hybridized carbons (Fsp3) is 0.0833. The molecular formula is C12H9ClF2N2. The Morgan fingerprint density at radius 1 is 1.12 bits per heavy atom. The number of rotatable bonds is 2. The molecule has 0 fully saturated rings. The zero-order chi connectivity index (χ0) is 12.4. The summed E-state index contributed by atoms with van der Waals surface area (Å²) in [5, 5.41) is 0.336. The lowest BCUT2D eigenvalue weighted by Crippen LogP contribution is -2.13. The van der Waals surface area contributed by atoms with Crippen molar-refractivity contribution in [3.63, 3.8) is 0 Å². The summed E-state index contributed by atoms with van der Waals surface area (Å²) in [6.45, 7) is 0. The van der Waals surface area contributed by atoms with Gasteiger partial charge in [-0.1, -0.05) is 11.6 Å². The molecule has 1 aromatic carbocycles. The average molecular weight is 255 g/mol. The van der Waals surface area contributed by atoms with Crippen LogP contribution >= 0.6 is 11.6 Å². The van der Waals surface area contributed by atoms with Crippen molar-refractivity contribution in [3.05, 3.63) is 64.4 Å². The fourth-order valence-electron chi connectivity index (χ4n) is 1.53. The fourth-order valence-corrected chi connectivity index (χ4v) is 1.77. The Bertz CT molecular complexity index is 546. The first-order chi connectivity index (χ1) is 8.08. The normalized spacial score (nSPS) is 12.5. The first-order valence-corrected chi connectivity index (χ1v) is 5.26. The van der Waals surface area contributed by atoms with Gasteiger partial charge >= 0.3 is 0 Å². The van der Waals surface area contributed by atoms with E-state index in [1.807, 2.05) is 0 Å². The van der Waals surface area contributed by atoms with E-state index in [0.29, 0.717) is 16.1 Å². The van der Waals surface area contributed by atoms with Gasteiger partial charge in [0, 0.05) is 11.2 Å². The maximum absolute atomic E-state index is 13.1. The van der Waals surface area contributed by atoms with Crippen LogP contribution in [-0.4, -0.2) is 4.98 Å². The minimum atomic E-state index is -0.707. The third-order valence-electron chi connectivity index (χ3n) is 2.38. The van der Waals surface area contributed by atoms with Crippen molar-refractivity contribution in [1.29, 1.82) is 0 Å². The number of hydrogen-bond donors (Lipinski definition) is 1. The van der Waals surface area contributed by atoms with Gasteiger partial charge in [-0.3, -0.25) is 4.98 Å². The van der Waals surface area contributed by atoms with E-state index >= 15 is 0 Å². The van der Waals surface area contributed by atoms with Crippen LogP contribution < -0.4 is 5.73 Å². The molecule has 0 aliphatic heterocycles. The van der Waals surface area contributed by atoms with Crippen LogP contribution in [0.5, 0.6) is 0 Å². The van der Waals surface area contributed by atoms with E-state index in [1.54, 1.807) is 0 Å². The Hall–Kier alpha value is -1.52. The largest absolute Gasteiger partial charge is 0.320 e. The summed E-state index contributed by atoms with van der Waals surface area (Å²) in [7, 11) is 0. The van der Waals surface area contributed by atoms with Gasteiger partial charge in [0.25, 0.3) is 0 Å². The van der Waals surface area contributed by atoms with Crippen molar-refractivity contribution >= 4 is 11.6 Å². The van der Waals surface area contributed by atoms with Crippen molar-refractivity contribution in [2.24, 2.45) is 5.73 Å². The number of nitrogens with two attached hydrogens (primary N) is 1. The van der Waals surface area contributed by atoms with Crippen molar-refractivity contribution in [3.8, 4) is 0 Å². The van der Waals surface area contributed by atoms with E-state index in [9.17, 15) is 8.78 Å². The predicted octanol–water partition coefficient (Wildman–Crippen LogP) is 3.06. The third kappa shape index (κ3) is 2.60. The number of aromatic nitrogens is 1. The number of halogens is 3. The second-order valence-electron chi connectivity index (χ2n) is 3.58. The SMILES string of the molecule is NC(c1cncc(F)c1)c1cc(F)ccc1Cl. The molecule has 2 aromatic rings. The summed E-state index contributed by atoms with van der Waals surface area (Å²) in [6.07, 6.45) is 2.50. The molecule has 5 heteroatoms. The molecule has 2 nitrogen and oxygen atoms in total. The molecule has 17 heavy (non-hydrogen) atoms. The lowest BCUT2D eigenvalue weighted by atomic mass is 10.0. The molecule has 0 saturated carbocycles. The standard InChI is InChI=1S/C12H9ClF2N2/c13-11-2-1-8(14)4-10(11)12(16)7-3-9(15)6-17-5-7/h1-6,12H,16H2. The maximum Gasteiger partial charge on any atom is 0.141 e. The molecule has 1 unspecified atom stereocenters. The van der Waals surface area contributed by atoms with Crippen LogP contribution in [0, 0.1) is 11.6 Å². The van der Waals surface area contributed by atoms with Gasteiger partial charge < -0.3 is 5.73 Å². The number of pyridine rings is 1. The average Bonchev–Trinajstić information content (AvgIpc) is 2.31. The van der Waals surface area contributed by atoms with E-state index in [1.165, 1.54) is 30.5 Å². The molecule has 2 rings (SSSR count). The number of benzene rings is 1. The van der Waals surface area contributed by atoms with Gasteiger partial charge in [0.2, 0.25) is 0 Å². The highest BCUT2D eigenvalue weighted by Gasteiger charge is 2.14. The summed E-state index contributed by atoms with van der Waals surface area (Å²) in [5.41, 5.74) is 6.74. The van der Waals surface area contributed by atoms with Gasteiger partial charge in [0.1, 0.15) is 11.6 Å². The molecule has 88 valence electrons. The summed E-state index contributed by atoms with van der Waals surface area (Å²) in [6, 6.07) is 4.43. The van der Waals surface area contributed by atoms with Crippen LogP contribution in [0.1, 0.15) is 17.2 Å². The van der Waals surface area contributed by atoms with Gasteiger partial charge in [0.05, 0.1) is 12.2 Å². The van der Waals surface area contributed by atoms with Gasteiger partial charge in [-0.25, -0.2) is 8.78 Å². The topological polar surface area (TPSA) is 38.9 Å². The molecule has 1 atom stereocenters. The Morgan fingerprint density at radius 2 is 1.88 bits per heavy atom. The van der Waals surface area contributed by atoms with Crippen LogP contribution in [0.2, 0.25) is 5.02 Å². The molecule has 0 amide bonds. The maximum atomic E-state index is 13.1. The highest BCUT2D eigenvalue weighted by molar-refractivity contribution is 6.31. The Labute approximate surface area is 102 Å². The molecule has 0 bridgehead atoms. The van der Waals surface area contributed by atoms with Gasteiger partial charge in [-0.15, -0.1) is 0 Å². The lowest BCUT2D eigenvalue weighted by molar-refractivity contribution is 0.614. The van der Waals surface area contributed by atoms with Crippen molar-refractivity contribution in [2.45, 2.75) is 6.04 Å². The predicted molar refractivity (Wildman–Crippen MR) is 61.6 cm³/mol. The van der Waals surface area contributed by atoms with Crippen molar-refractivity contribution < 1.29 is 8.78 Å². The Morgan fingerprint density at radius 3 is 2.59 bits per heavy atom. The van der Waals surface area contributed by atoms with E-state index in [-0.39, 0.29) is 0 Å². The van der Waals surface area contributed by atoms with E-state index in [0.717, 1.165) is 6.20 Å². The summed E-state index contributed by atoms with van der Waals surface area (Å²) < 4.78 is 26.1. The molecule has 0 radical (unpaired) electrons. The molecular weight excluding hydrogens is 246 g/mol. The highest BCUT2D eigenvalue weighted by Crippen LogP contribution is 2.27. The molecule has 1 aromatic heterocycles. The lowest BCUT2D eigenvalue weighted by Gasteiger charge is -2.13. The molecule has 0 saturated heterocycles. The van der Waals surface area contributed by atoms with Gasteiger partial charge in [-0.05, 0) is 35.4 Å². The quantitative estimate of drug-likeness (QED) is 0.895. The second kappa shape index (κ2) is 4.77. The first-order valence-electron chi connectivity index (χ1n) is 4.89. The smallest absolute Gasteiger partial charge is 0.141 e. The Kier molecular flexibility index (Phi) is 3.36. The molecule has 0 aliphatic carbocycles. The summed E-state index contributed by atoms with van der Waals surface area (Å²) in [4.78, 5) is 3.69. The van der Waals surface area contributed by atoms with Crippen LogP contribution in [0.25, 0.3) is 0 Å². The van der Waals surface area contributed by atoms with Crippen LogP contribution in [-0.2, 0) is 0 Å². The highest BCUT2D eigenvalue weighted by atomic mass is 35.5. The monoisotopic (exact) mass is 254 g/mol. The zero-order valence-electron chi connectivity index (χ0n) is 8.70. The molecule has 2 N–H and O–H groups in total. The summed E-state index contributed by atoms with van der Waals surface area (Å²) >= 11 is 5.92.